The van der Waals surface area contributed by atoms with Crippen molar-refractivity contribution in [1.29, 1.82) is 0 Å². The van der Waals surface area contributed by atoms with Gasteiger partial charge in [-0.2, -0.15) is 0 Å². The SMILES string of the molecule is CN(C)CCN(CCN(C)C)n1cc(-c2ccccc2)c2ccccc21.Cl.Cl. The quantitative estimate of drug-likeness (QED) is 0.540. The van der Waals surface area contributed by atoms with Gasteiger partial charge in [-0.1, -0.05) is 48.5 Å². The van der Waals surface area contributed by atoms with Gasteiger partial charge in [0.1, 0.15) is 0 Å². The van der Waals surface area contributed by atoms with E-state index in [0.717, 1.165) is 26.2 Å². The van der Waals surface area contributed by atoms with Crippen LogP contribution in [0.2, 0.25) is 0 Å². The number of halogens is 2. The first kappa shape index (κ1) is 24.3. The molecule has 1 aromatic heterocycles. The van der Waals surface area contributed by atoms with E-state index in [9.17, 15) is 0 Å². The van der Waals surface area contributed by atoms with Crippen LogP contribution in [0.3, 0.4) is 0 Å². The minimum absolute atomic E-state index is 0. The van der Waals surface area contributed by atoms with Crippen molar-refractivity contribution in [3.05, 3.63) is 60.8 Å². The summed E-state index contributed by atoms with van der Waals surface area (Å²) < 4.78 is 2.35. The van der Waals surface area contributed by atoms with Gasteiger partial charge in [0, 0.05) is 43.3 Å². The van der Waals surface area contributed by atoms with Crippen LogP contribution in [0.1, 0.15) is 0 Å². The minimum atomic E-state index is 0. The van der Waals surface area contributed by atoms with Gasteiger partial charge in [-0.3, -0.25) is 4.68 Å². The van der Waals surface area contributed by atoms with Crippen molar-refractivity contribution in [3.63, 3.8) is 0 Å². The Balaban J connectivity index is 0.00000196. The number of hydrogen-bond donors (Lipinski definition) is 0. The maximum atomic E-state index is 2.45. The summed E-state index contributed by atoms with van der Waals surface area (Å²) in [6.45, 7) is 4.04. The Labute approximate surface area is 181 Å². The van der Waals surface area contributed by atoms with E-state index < -0.39 is 0 Å². The minimum Gasteiger partial charge on any atom is -0.310 e. The lowest BCUT2D eigenvalue weighted by atomic mass is 10.1. The largest absolute Gasteiger partial charge is 0.310 e. The van der Waals surface area contributed by atoms with Gasteiger partial charge in [-0.05, 0) is 39.8 Å². The molecular formula is C22H32Cl2N4. The molecule has 0 saturated heterocycles. The molecule has 4 nitrogen and oxygen atoms in total. The highest BCUT2D eigenvalue weighted by Gasteiger charge is 2.14. The van der Waals surface area contributed by atoms with Gasteiger partial charge in [-0.25, -0.2) is 0 Å². The monoisotopic (exact) mass is 422 g/mol. The van der Waals surface area contributed by atoms with Crippen molar-refractivity contribution in [1.82, 2.24) is 14.5 Å². The molecule has 0 bridgehead atoms. The smallest absolute Gasteiger partial charge is 0.0701 e. The molecule has 1 heterocycles. The lowest BCUT2D eigenvalue weighted by molar-refractivity contribution is 0.368. The summed E-state index contributed by atoms with van der Waals surface area (Å²) >= 11 is 0. The van der Waals surface area contributed by atoms with E-state index in [1.807, 2.05) is 0 Å². The van der Waals surface area contributed by atoms with E-state index in [1.165, 1.54) is 22.0 Å². The molecule has 0 aliphatic heterocycles. The normalized spacial score (nSPS) is 10.8. The van der Waals surface area contributed by atoms with Gasteiger partial charge in [0.05, 0.1) is 5.52 Å². The average Bonchev–Trinajstić information content (AvgIpc) is 3.02. The fourth-order valence-corrected chi connectivity index (χ4v) is 3.20. The molecule has 3 aromatic rings. The predicted octanol–water partition coefficient (Wildman–Crippen LogP) is 4.21. The van der Waals surface area contributed by atoms with Crippen molar-refractivity contribution >= 4 is 35.7 Å². The number of para-hydroxylation sites is 1. The summed E-state index contributed by atoms with van der Waals surface area (Å²) in [6.07, 6.45) is 2.30. The Hall–Kier alpha value is -1.72. The van der Waals surface area contributed by atoms with E-state index in [2.05, 4.69) is 108 Å². The van der Waals surface area contributed by atoms with Gasteiger partial charge in [0.25, 0.3) is 0 Å². The van der Waals surface area contributed by atoms with Crippen molar-refractivity contribution in [2.45, 2.75) is 0 Å². The van der Waals surface area contributed by atoms with E-state index >= 15 is 0 Å². The Bertz CT molecular complexity index is 819. The summed E-state index contributed by atoms with van der Waals surface area (Å²) in [6, 6.07) is 19.4. The fourth-order valence-electron chi connectivity index (χ4n) is 3.20. The first-order valence-electron chi connectivity index (χ1n) is 9.26. The molecule has 3 rings (SSSR count). The van der Waals surface area contributed by atoms with Gasteiger partial charge in [-0.15, -0.1) is 24.8 Å². The topological polar surface area (TPSA) is 14.7 Å². The molecule has 28 heavy (non-hydrogen) atoms. The average molecular weight is 423 g/mol. The standard InChI is InChI=1S/C22H30N4.2ClH/c1-23(2)14-16-25(17-15-24(3)4)26-18-21(19-10-6-5-7-11-19)20-12-8-9-13-22(20)26;;/h5-13,18H,14-17H2,1-4H3;2*1H. The van der Waals surface area contributed by atoms with Gasteiger partial charge >= 0.3 is 0 Å². The number of rotatable bonds is 8. The van der Waals surface area contributed by atoms with Crippen LogP contribution in [0.5, 0.6) is 0 Å². The molecule has 0 atom stereocenters. The number of hydrogen-bond acceptors (Lipinski definition) is 3. The predicted molar refractivity (Wildman–Crippen MR) is 127 cm³/mol. The van der Waals surface area contributed by atoms with E-state index in [1.54, 1.807) is 0 Å². The molecule has 0 fully saturated rings. The molecule has 0 amide bonds. The van der Waals surface area contributed by atoms with Gasteiger partial charge in [0.15, 0.2) is 0 Å². The van der Waals surface area contributed by atoms with Crippen molar-refractivity contribution < 1.29 is 0 Å². The van der Waals surface area contributed by atoms with Crippen LogP contribution in [0.15, 0.2) is 60.8 Å². The van der Waals surface area contributed by atoms with Gasteiger partial charge < -0.3 is 14.8 Å². The second-order valence-corrected chi connectivity index (χ2v) is 7.33. The lowest BCUT2D eigenvalue weighted by Gasteiger charge is -2.29. The van der Waals surface area contributed by atoms with Crippen LogP contribution in [0.25, 0.3) is 22.0 Å². The Morgan fingerprint density at radius 2 is 1.21 bits per heavy atom. The summed E-state index contributed by atoms with van der Waals surface area (Å²) in [5.74, 6) is 0. The first-order valence-corrected chi connectivity index (χ1v) is 9.26. The van der Waals surface area contributed by atoms with Crippen LogP contribution in [0.4, 0.5) is 0 Å². The molecule has 0 saturated carbocycles. The third kappa shape index (κ3) is 5.89. The fraction of sp³-hybridized carbons (Fsp3) is 0.364. The Morgan fingerprint density at radius 3 is 1.79 bits per heavy atom. The number of fused-ring (bicyclic) bond motifs is 1. The zero-order valence-corrected chi connectivity index (χ0v) is 18.8. The van der Waals surface area contributed by atoms with Crippen LogP contribution < -0.4 is 5.01 Å². The molecule has 154 valence electrons. The first-order chi connectivity index (χ1) is 12.6. The van der Waals surface area contributed by atoms with Crippen LogP contribution in [-0.4, -0.2) is 68.8 Å². The van der Waals surface area contributed by atoms with Gasteiger partial charge in [0.2, 0.25) is 0 Å². The highest BCUT2D eigenvalue weighted by molar-refractivity contribution is 5.96. The zero-order valence-electron chi connectivity index (χ0n) is 17.2. The lowest BCUT2D eigenvalue weighted by Crippen LogP contribution is -2.43. The molecule has 0 N–H and O–H groups in total. The zero-order chi connectivity index (χ0) is 18.5. The van der Waals surface area contributed by atoms with Crippen LogP contribution in [0, 0.1) is 0 Å². The third-order valence-electron chi connectivity index (χ3n) is 4.69. The summed E-state index contributed by atoms with van der Waals surface area (Å²) in [5.41, 5.74) is 3.83. The summed E-state index contributed by atoms with van der Waals surface area (Å²) in [4.78, 5) is 4.49. The van der Waals surface area contributed by atoms with Crippen LogP contribution >= 0.6 is 24.8 Å². The number of likely N-dealkylation sites (N-methyl/N-ethyl adjacent to an activating group) is 2. The van der Waals surface area contributed by atoms with E-state index in [0.29, 0.717) is 0 Å². The van der Waals surface area contributed by atoms with Crippen molar-refractivity contribution in [2.75, 3.05) is 59.4 Å². The van der Waals surface area contributed by atoms with E-state index in [4.69, 9.17) is 0 Å². The third-order valence-corrected chi connectivity index (χ3v) is 4.69. The van der Waals surface area contributed by atoms with Crippen molar-refractivity contribution in [3.8, 4) is 11.1 Å². The summed E-state index contributed by atoms with van der Waals surface area (Å²) in [7, 11) is 8.53. The molecule has 6 heteroatoms. The van der Waals surface area contributed by atoms with E-state index in [-0.39, 0.29) is 24.8 Å². The molecule has 0 aliphatic carbocycles. The maximum absolute atomic E-state index is 2.45. The molecular weight excluding hydrogens is 391 g/mol. The van der Waals surface area contributed by atoms with Crippen LogP contribution in [-0.2, 0) is 0 Å². The summed E-state index contributed by atoms with van der Waals surface area (Å²) in [5, 5.41) is 3.76. The highest BCUT2D eigenvalue weighted by Crippen LogP contribution is 2.30. The maximum Gasteiger partial charge on any atom is 0.0701 e. The number of nitrogens with zero attached hydrogens (tertiary/aromatic N) is 4. The number of aromatic nitrogens is 1. The molecule has 2 aromatic carbocycles. The molecule has 0 spiro atoms. The Morgan fingerprint density at radius 1 is 0.679 bits per heavy atom. The number of benzene rings is 2. The van der Waals surface area contributed by atoms with Crippen molar-refractivity contribution in [2.24, 2.45) is 0 Å². The molecule has 0 aliphatic rings. The Kier molecular flexibility index (Phi) is 9.83. The molecule has 0 unspecified atom stereocenters. The second kappa shape index (κ2) is 11.3. The highest BCUT2D eigenvalue weighted by atomic mass is 35.5. The second-order valence-electron chi connectivity index (χ2n) is 7.33. The molecule has 0 radical (unpaired) electrons.